The zero-order valence-corrected chi connectivity index (χ0v) is 40.2. The van der Waals surface area contributed by atoms with Crippen LogP contribution in [0.2, 0.25) is 0 Å². The normalized spacial score (nSPS) is 12.3. The van der Waals surface area contributed by atoms with Gasteiger partial charge >= 0.3 is 0 Å². The second kappa shape index (κ2) is 18.2. The molecule has 0 saturated carbocycles. The molecule has 0 radical (unpaired) electrons. The summed E-state index contributed by atoms with van der Waals surface area (Å²) in [5.41, 5.74) is 20.8. The number of fused-ring (bicyclic) bond motifs is 4. The first-order valence-corrected chi connectivity index (χ1v) is 24.6. The van der Waals surface area contributed by atoms with Crippen LogP contribution in [0, 0.1) is 6.92 Å². The highest BCUT2D eigenvalue weighted by atomic mass is 15.2. The molecule has 12 rings (SSSR count). The minimum atomic E-state index is -0.200. The van der Waals surface area contributed by atoms with E-state index >= 15 is 0 Å². The second-order valence-corrected chi connectivity index (χ2v) is 19.0. The zero-order chi connectivity index (χ0) is 47.9. The van der Waals surface area contributed by atoms with Gasteiger partial charge in [-0.25, -0.2) is 0 Å². The number of hydrogen-bond donors (Lipinski definition) is 0. The Kier molecular flexibility index (Phi) is 11.1. The predicted molar refractivity (Wildman–Crippen MR) is 301 cm³/mol. The summed E-state index contributed by atoms with van der Waals surface area (Å²) in [6.07, 6.45) is 0. The maximum Gasteiger partial charge on any atom is 0.0503 e. The topological polar surface area (TPSA) is 9.72 Å². The third-order valence-electron chi connectivity index (χ3n) is 14.3. The lowest BCUT2D eigenvalue weighted by molar-refractivity contribution is 0.660. The molecule has 0 heterocycles. The van der Waals surface area contributed by atoms with Gasteiger partial charge in [0.2, 0.25) is 0 Å². The van der Waals surface area contributed by atoms with Gasteiger partial charge in [0, 0.05) is 39.5 Å². The van der Waals surface area contributed by atoms with E-state index in [9.17, 15) is 0 Å². The van der Waals surface area contributed by atoms with Crippen LogP contribution in [0.1, 0.15) is 30.5 Å². The largest absolute Gasteiger partial charge is 0.310 e. The van der Waals surface area contributed by atoms with Gasteiger partial charge in [0.05, 0.1) is 17.1 Å². The number of rotatable bonds is 11. The van der Waals surface area contributed by atoms with Crippen molar-refractivity contribution in [2.45, 2.75) is 26.2 Å². The number of hydrogen-bond acceptors (Lipinski definition) is 3. The Morgan fingerprint density at radius 2 is 0.718 bits per heavy atom. The fraction of sp³-hybridized carbons (Fsp3) is 0.0588. The Morgan fingerprint density at radius 3 is 1.25 bits per heavy atom. The van der Waals surface area contributed by atoms with Crippen LogP contribution in [0.25, 0.3) is 44.2 Å². The summed E-state index contributed by atoms with van der Waals surface area (Å²) in [7, 11) is 0. The van der Waals surface area contributed by atoms with Crippen LogP contribution in [-0.2, 0) is 5.41 Å². The van der Waals surface area contributed by atoms with E-state index in [1.807, 2.05) is 0 Å². The van der Waals surface area contributed by atoms with Crippen molar-refractivity contribution in [3.8, 4) is 33.4 Å². The Morgan fingerprint density at radius 1 is 0.282 bits per heavy atom. The van der Waals surface area contributed by atoms with Gasteiger partial charge in [-0.2, -0.15) is 0 Å². The lowest BCUT2D eigenvalue weighted by Crippen LogP contribution is -2.18. The number of nitrogens with zero attached hydrogens (tertiary/aromatic N) is 3. The molecule has 1 aliphatic carbocycles. The van der Waals surface area contributed by atoms with Gasteiger partial charge in [-0.3, -0.25) is 0 Å². The average Bonchev–Trinajstić information content (AvgIpc) is 3.66. The van der Waals surface area contributed by atoms with E-state index in [2.05, 4.69) is 302 Å². The van der Waals surface area contributed by atoms with E-state index in [-0.39, 0.29) is 5.41 Å². The van der Waals surface area contributed by atoms with Gasteiger partial charge in [0.1, 0.15) is 0 Å². The highest BCUT2D eigenvalue weighted by Gasteiger charge is 2.37. The molecule has 0 aromatic heterocycles. The number of aryl methyl sites for hydroxylation is 1. The fourth-order valence-electron chi connectivity index (χ4n) is 10.9. The van der Waals surface area contributed by atoms with Crippen LogP contribution in [0.15, 0.2) is 267 Å². The van der Waals surface area contributed by atoms with Crippen LogP contribution in [0.3, 0.4) is 0 Å². The van der Waals surface area contributed by atoms with E-state index < -0.39 is 0 Å². The summed E-state index contributed by atoms with van der Waals surface area (Å²) in [5, 5.41) is 2.47. The molecule has 0 spiro atoms. The predicted octanol–water partition coefficient (Wildman–Crippen LogP) is 19.2. The molecular weight excluding hydrogens is 859 g/mol. The summed E-state index contributed by atoms with van der Waals surface area (Å²) < 4.78 is 0. The third kappa shape index (κ3) is 7.92. The van der Waals surface area contributed by atoms with Crippen molar-refractivity contribution >= 4 is 62.0 Å². The first kappa shape index (κ1) is 43.4. The molecule has 3 nitrogen and oxygen atoms in total. The van der Waals surface area contributed by atoms with Crippen LogP contribution in [0.5, 0.6) is 0 Å². The molecular formula is C68H53N3. The van der Waals surface area contributed by atoms with Crippen molar-refractivity contribution in [1.29, 1.82) is 0 Å². The molecule has 11 aromatic rings. The minimum Gasteiger partial charge on any atom is -0.310 e. The standard InChI is InChI=1S/C68H53N3/c1-48-22-21-35-64-66(48)63-43-41-57(47-65(63)68(64,2)3)71(56-39-36-50(37-40-56)62-42-38-49-23-19-20-34-61(49)67(62)51-24-9-4-10-25-51)60-45-58(69(52-26-11-5-12-27-52)53-28-13-6-14-29-53)44-59(46-60)70(54-30-15-7-16-31-54)55-32-17-8-18-33-55/h4-47H,1-3H3. The summed E-state index contributed by atoms with van der Waals surface area (Å²) in [6, 6.07) is 97.1. The van der Waals surface area contributed by atoms with Crippen molar-refractivity contribution in [2.24, 2.45) is 0 Å². The van der Waals surface area contributed by atoms with Gasteiger partial charge in [0.15, 0.2) is 0 Å². The van der Waals surface area contributed by atoms with E-state index in [0.717, 1.165) is 56.7 Å². The summed E-state index contributed by atoms with van der Waals surface area (Å²) in [4.78, 5) is 7.21. The maximum atomic E-state index is 2.46. The van der Waals surface area contributed by atoms with Crippen molar-refractivity contribution < 1.29 is 0 Å². The van der Waals surface area contributed by atoms with Crippen LogP contribution in [-0.4, -0.2) is 0 Å². The molecule has 0 atom stereocenters. The highest BCUT2D eigenvalue weighted by molar-refractivity contribution is 6.04. The minimum absolute atomic E-state index is 0.200. The molecule has 0 N–H and O–H groups in total. The van der Waals surface area contributed by atoms with E-state index in [1.54, 1.807) is 0 Å². The van der Waals surface area contributed by atoms with Crippen molar-refractivity contribution in [3.05, 3.63) is 284 Å². The number of benzene rings is 11. The highest BCUT2D eigenvalue weighted by Crippen LogP contribution is 2.53. The Hall–Kier alpha value is -8.92. The first-order chi connectivity index (χ1) is 34.9. The molecule has 0 aliphatic heterocycles. The smallest absolute Gasteiger partial charge is 0.0503 e. The lowest BCUT2D eigenvalue weighted by Gasteiger charge is -2.33. The monoisotopic (exact) mass is 911 g/mol. The van der Waals surface area contributed by atoms with Gasteiger partial charge in [-0.15, -0.1) is 0 Å². The van der Waals surface area contributed by atoms with E-state index in [4.69, 9.17) is 0 Å². The van der Waals surface area contributed by atoms with E-state index in [0.29, 0.717) is 0 Å². The van der Waals surface area contributed by atoms with Crippen molar-refractivity contribution in [3.63, 3.8) is 0 Å². The quantitative estimate of drug-likeness (QED) is 0.128. The SMILES string of the molecule is Cc1cccc2c1-c1ccc(N(c3ccc(-c4ccc5ccccc5c4-c4ccccc4)cc3)c3cc(N(c4ccccc4)c4ccccc4)cc(N(c4ccccc4)c4ccccc4)c3)cc1C2(C)C. The Balaban J connectivity index is 1.11. The summed E-state index contributed by atoms with van der Waals surface area (Å²) >= 11 is 0. The van der Waals surface area contributed by atoms with Crippen molar-refractivity contribution in [1.82, 2.24) is 0 Å². The maximum absolute atomic E-state index is 2.46. The average molecular weight is 912 g/mol. The Labute approximate surface area is 417 Å². The zero-order valence-electron chi connectivity index (χ0n) is 40.2. The molecule has 0 fully saturated rings. The molecule has 11 aromatic carbocycles. The fourth-order valence-corrected chi connectivity index (χ4v) is 10.9. The Bertz CT molecular complexity index is 3480. The second-order valence-electron chi connectivity index (χ2n) is 19.0. The van der Waals surface area contributed by atoms with Gasteiger partial charge in [-0.1, -0.05) is 190 Å². The third-order valence-corrected chi connectivity index (χ3v) is 14.3. The molecule has 0 unspecified atom stereocenters. The molecule has 340 valence electrons. The summed E-state index contributed by atoms with van der Waals surface area (Å²) in [6.45, 7) is 7.00. The molecule has 71 heavy (non-hydrogen) atoms. The molecule has 3 heteroatoms. The lowest BCUT2D eigenvalue weighted by atomic mass is 9.82. The van der Waals surface area contributed by atoms with Crippen LogP contribution < -0.4 is 14.7 Å². The summed E-state index contributed by atoms with van der Waals surface area (Å²) in [5.74, 6) is 0. The van der Waals surface area contributed by atoms with Gasteiger partial charge < -0.3 is 14.7 Å². The first-order valence-electron chi connectivity index (χ1n) is 24.6. The van der Waals surface area contributed by atoms with Gasteiger partial charge in [0.25, 0.3) is 0 Å². The number of anilines is 9. The molecule has 0 bridgehead atoms. The van der Waals surface area contributed by atoms with Crippen LogP contribution >= 0.6 is 0 Å². The number of para-hydroxylation sites is 4. The molecule has 0 amide bonds. The molecule has 1 aliphatic rings. The van der Waals surface area contributed by atoms with Crippen LogP contribution in [0.4, 0.5) is 51.2 Å². The van der Waals surface area contributed by atoms with E-state index in [1.165, 1.54) is 55.3 Å². The molecule has 0 saturated heterocycles. The van der Waals surface area contributed by atoms with Crippen molar-refractivity contribution in [2.75, 3.05) is 14.7 Å². The van der Waals surface area contributed by atoms with Gasteiger partial charge in [-0.05, 0) is 159 Å².